The molecule has 1 fully saturated rings. The molecule has 3 aromatic carbocycles. The average molecular weight is 488 g/mol. The van der Waals surface area contributed by atoms with Crippen LogP contribution in [0.25, 0.3) is 33.4 Å². The van der Waals surface area contributed by atoms with E-state index >= 15 is 0 Å². The summed E-state index contributed by atoms with van der Waals surface area (Å²) in [6.45, 7) is 5.97. The second-order valence-electron chi connectivity index (χ2n) is 9.16. The van der Waals surface area contributed by atoms with Gasteiger partial charge in [0.25, 0.3) is 5.56 Å². The smallest absolute Gasteiger partial charge is 0.262 e. The molecule has 6 heteroatoms. The van der Waals surface area contributed by atoms with E-state index in [1.54, 1.807) is 7.11 Å². The molecule has 0 radical (unpaired) electrons. The number of rotatable bonds is 6. The zero-order valence-electron chi connectivity index (χ0n) is 20.2. The summed E-state index contributed by atoms with van der Waals surface area (Å²) in [5.41, 5.74) is 3.31. The molecule has 4 aromatic rings. The normalized spacial score (nSPS) is 16.5. The van der Waals surface area contributed by atoms with Gasteiger partial charge >= 0.3 is 0 Å². The van der Waals surface area contributed by atoms with Gasteiger partial charge in [0.1, 0.15) is 11.6 Å². The summed E-state index contributed by atoms with van der Waals surface area (Å²) in [7, 11) is 1.65. The summed E-state index contributed by atoms with van der Waals surface area (Å²) in [6, 6.07) is 21.3. The number of likely N-dealkylation sites (tertiary alicyclic amines) is 1. The summed E-state index contributed by atoms with van der Waals surface area (Å²) in [5, 5.41) is 1.30. The Hall–Kier alpha value is -3.15. The molecule has 35 heavy (non-hydrogen) atoms. The van der Waals surface area contributed by atoms with Crippen molar-refractivity contribution in [1.82, 2.24) is 14.5 Å². The van der Waals surface area contributed by atoms with Crippen LogP contribution < -0.4 is 10.3 Å². The zero-order chi connectivity index (χ0) is 24.4. The maximum atomic E-state index is 14.3. The molecule has 0 unspecified atom stereocenters. The van der Waals surface area contributed by atoms with Crippen LogP contribution in [0.4, 0.5) is 0 Å². The van der Waals surface area contributed by atoms with Crippen molar-refractivity contribution in [2.24, 2.45) is 5.92 Å². The first-order chi connectivity index (χ1) is 17.1. The largest absolute Gasteiger partial charge is 0.496 e. The highest BCUT2D eigenvalue weighted by atomic mass is 35.5. The number of halogens is 1. The molecule has 180 valence electrons. The molecule has 1 aromatic heterocycles. The third kappa shape index (κ3) is 4.71. The van der Waals surface area contributed by atoms with Crippen molar-refractivity contribution in [2.45, 2.75) is 26.3 Å². The van der Waals surface area contributed by atoms with Gasteiger partial charge < -0.3 is 9.64 Å². The predicted molar refractivity (Wildman–Crippen MR) is 143 cm³/mol. The lowest BCUT2D eigenvalue weighted by atomic mass is 9.97. The van der Waals surface area contributed by atoms with E-state index < -0.39 is 0 Å². The van der Waals surface area contributed by atoms with Gasteiger partial charge in [0.05, 0.1) is 23.6 Å². The van der Waals surface area contributed by atoms with Crippen molar-refractivity contribution >= 4 is 22.5 Å². The van der Waals surface area contributed by atoms with Crippen LogP contribution in [-0.2, 0) is 6.54 Å². The first-order valence-corrected chi connectivity index (χ1v) is 12.6. The van der Waals surface area contributed by atoms with Crippen LogP contribution in [-0.4, -0.2) is 41.2 Å². The number of ether oxygens (including phenoxy) is 1. The molecule has 1 aliphatic rings. The van der Waals surface area contributed by atoms with Crippen LogP contribution in [0.3, 0.4) is 0 Å². The number of aromatic nitrogens is 2. The Bertz CT molecular complexity index is 1400. The van der Waals surface area contributed by atoms with Crippen molar-refractivity contribution in [3.05, 3.63) is 82.1 Å². The first kappa shape index (κ1) is 23.6. The lowest BCUT2D eigenvalue weighted by molar-refractivity contribution is 0.169. The van der Waals surface area contributed by atoms with Crippen LogP contribution in [0, 0.1) is 5.92 Å². The molecule has 5 nitrogen and oxygen atoms in total. The molecule has 1 saturated heterocycles. The molecular formula is C29H30ClN3O2. The lowest BCUT2D eigenvalue weighted by Crippen LogP contribution is -2.38. The van der Waals surface area contributed by atoms with Gasteiger partial charge in [-0.1, -0.05) is 54.9 Å². The van der Waals surface area contributed by atoms with Crippen molar-refractivity contribution in [2.75, 3.05) is 26.7 Å². The number of piperidine rings is 1. The second-order valence-corrected chi connectivity index (χ2v) is 9.60. The molecule has 0 aliphatic carbocycles. The first-order valence-electron chi connectivity index (χ1n) is 12.2. The lowest BCUT2D eigenvalue weighted by Gasteiger charge is -2.32. The highest BCUT2D eigenvalue weighted by Gasteiger charge is 2.24. The Labute approximate surface area is 210 Å². The Morgan fingerprint density at radius 2 is 1.80 bits per heavy atom. The summed E-state index contributed by atoms with van der Waals surface area (Å²) < 4.78 is 7.54. The van der Waals surface area contributed by atoms with Crippen molar-refractivity contribution in [1.29, 1.82) is 0 Å². The summed E-state index contributed by atoms with van der Waals surface area (Å²) in [5.74, 6) is 1.75. The number of fused-ring (bicyclic) bond motifs is 1. The van der Waals surface area contributed by atoms with Gasteiger partial charge in [-0.15, -0.1) is 0 Å². The fourth-order valence-corrected chi connectivity index (χ4v) is 5.31. The molecule has 0 amide bonds. The fraction of sp³-hybridized carbons (Fsp3) is 0.310. The molecule has 1 aliphatic heterocycles. The zero-order valence-corrected chi connectivity index (χ0v) is 21.0. The van der Waals surface area contributed by atoms with Gasteiger partial charge in [-0.3, -0.25) is 9.36 Å². The van der Waals surface area contributed by atoms with Crippen molar-refractivity contribution in [3.63, 3.8) is 0 Å². The number of methoxy groups -OCH3 is 1. The van der Waals surface area contributed by atoms with E-state index in [2.05, 4.69) is 11.8 Å². The molecule has 0 saturated carbocycles. The van der Waals surface area contributed by atoms with Gasteiger partial charge in [-0.25, -0.2) is 4.98 Å². The number of benzene rings is 3. The minimum Gasteiger partial charge on any atom is -0.496 e. The summed E-state index contributed by atoms with van der Waals surface area (Å²) >= 11 is 6.13. The van der Waals surface area contributed by atoms with E-state index in [1.807, 2.05) is 71.3 Å². The van der Waals surface area contributed by atoms with Gasteiger partial charge in [-0.05, 0) is 73.3 Å². The van der Waals surface area contributed by atoms with Crippen LogP contribution in [0.2, 0.25) is 5.02 Å². The van der Waals surface area contributed by atoms with Crippen LogP contribution in [0.1, 0.15) is 19.8 Å². The minimum absolute atomic E-state index is 0.0184. The highest BCUT2D eigenvalue weighted by molar-refractivity contribution is 6.30. The Balaban J connectivity index is 1.73. The fourth-order valence-electron chi connectivity index (χ4n) is 5.18. The third-order valence-corrected chi connectivity index (χ3v) is 7.23. The van der Waals surface area contributed by atoms with Gasteiger partial charge in [-0.2, -0.15) is 0 Å². The summed E-state index contributed by atoms with van der Waals surface area (Å²) in [4.78, 5) is 21.8. The molecule has 2 heterocycles. The number of hydrogen-bond acceptors (Lipinski definition) is 4. The minimum atomic E-state index is -0.0184. The van der Waals surface area contributed by atoms with E-state index in [4.69, 9.17) is 21.3 Å². The predicted octanol–water partition coefficient (Wildman–Crippen LogP) is 6.12. The second kappa shape index (κ2) is 10.2. The summed E-state index contributed by atoms with van der Waals surface area (Å²) in [6.07, 6.45) is 2.25. The van der Waals surface area contributed by atoms with Crippen molar-refractivity contribution in [3.8, 4) is 28.3 Å². The van der Waals surface area contributed by atoms with Gasteiger partial charge in [0.2, 0.25) is 0 Å². The van der Waals surface area contributed by atoms with E-state index in [0.29, 0.717) is 40.0 Å². The molecule has 0 spiro atoms. The maximum Gasteiger partial charge on any atom is 0.262 e. The third-order valence-electron chi connectivity index (χ3n) is 6.98. The average Bonchev–Trinajstić information content (AvgIpc) is 2.90. The highest BCUT2D eigenvalue weighted by Crippen LogP contribution is 2.32. The maximum absolute atomic E-state index is 14.3. The van der Waals surface area contributed by atoms with Crippen LogP contribution in [0.15, 0.2) is 71.5 Å². The molecule has 5 rings (SSSR count). The standard InChI is InChI=1S/C29H30ClN3O2/c1-3-32-17-7-8-20(18-32)19-33-28(24-9-4-5-12-26(24)35-2)31-25-11-6-10-23(27(25)29(33)34)21-13-15-22(30)16-14-21/h4-6,9-16,20H,3,7-8,17-19H2,1-2H3/t20-/m1/s1. The quantitative estimate of drug-likeness (QED) is 0.328. The van der Waals surface area contributed by atoms with Crippen molar-refractivity contribution < 1.29 is 4.74 Å². The number of para-hydroxylation sites is 1. The Kier molecular flexibility index (Phi) is 6.89. The monoisotopic (exact) mass is 487 g/mol. The number of hydrogen-bond donors (Lipinski definition) is 0. The Morgan fingerprint density at radius 3 is 2.57 bits per heavy atom. The van der Waals surface area contributed by atoms with E-state index in [0.717, 1.165) is 49.2 Å². The van der Waals surface area contributed by atoms with E-state index in [1.165, 1.54) is 0 Å². The van der Waals surface area contributed by atoms with Crippen LogP contribution >= 0.6 is 11.6 Å². The topological polar surface area (TPSA) is 47.4 Å². The van der Waals surface area contributed by atoms with Crippen LogP contribution in [0.5, 0.6) is 5.75 Å². The SMILES string of the molecule is CCN1CCC[C@@H](Cn2c(-c3ccccc3OC)nc3cccc(-c4ccc(Cl)cc4)c3c2=O)C1. The molecule has 0 N–H and O–H groups in total. The number of nitrogens with zero attached hydrogens (tertiary/aromatic N) is 3. The molecule has 0 bridgehead atoms. The van der Waals surface area contributed by atoms with Gasteiger partial charge in [0.15, 0.2) is 0 Å². The van der Waals surface area contributed by atoms with E-state index in [9.17, 15) is 4.79 Å². The molecular weight excluding hydrogens is 458 g/mol. The van der Waals surface area contributed by atoms with Gasteiger partial charge in [0, 0.05) is 18.1 Å². The van der Waals surface area contributed by atoms with E-state index in [-0.39, 0.29) is 5.56 Å². The molecule has 1 atom stereocenters. The Morgan fingerprint density at radius 1 is 1.03 bits per heavy atom.